The number of halogens is 2. The van der Waals surface area contributed by atoms with Crippen LogP contribution in [0.2, 0.25) is 0 Å². The molecule has 1 aromatic carbocycles. The molecule has 1 unspecified atom stereocenters. The van der Waals surface area contributed by atoms with Gasteiger partial charge in [-0.3, -0.25) is 0 Å². The fourth-order valence-electron chi connectivity index (χ4n) is 10.4. The molecular formula is C34H48F2O3. The number of aliphatic hydroxyl groups excluding tert-OH is 1. The van der Waals surface area contributed by atoms with E-state index in [4.69, 9.17) is 9.47 Å². The summed E-state index contributed by atoms with van der Waals surface area (Å²) in [6.45, 7) is 11.6. The van der Waals surface area contributed by atoms with E-state index in [1.165, 1.54) is 62.3 Å². The highest BCUT2D eigenvalue weighted by molar-refractivity contribution is 5.30. The summed E-state index contributed by atoms with van der Waals surface area (Å²) in [6.07, 6.45) is 12.6. The van der Waals surface area contributed by atoms with Gasteiger partial charge in [-0.15, -0.1) is 0 Å². The molecule has 39 heavy (non-hydrogen) atoms. The van der Waals surface area contributed by atoms with E-state index in [1.807, 2.05) is 0 Å². The van der Waals surface area contributed by atoms with Gasteiger partial charge in [0.15, 0.2) is 5.79 Å². The molecule has 4 fully saturated rings. The summed E-state index contributed by atoms with van der Waals surface area (Å²) in [4.78, 5) is 0. The summed E-state index contributed by atoms with van der Waals surface area (Å²) in [5, 5.41) is 10.5. The summed E-state index contributed by atoms with van der Waals surface area (Å²) in [6, 6.07) is 3.80. The lowest BCUT2D eigenvalue weighted by Gasteiger charge is -2.59. The van der Waals surface area contributed by atoms with Crippen LogP contribution in [-0.2, 0) is 9.47 Å². The fourth-order valence-corrected chi connectivity index (χ4v) is 10.4. The molecule has 4 aliphatic carbocycles. The molecule has 0 radical (unpaired) electrons. The van der Waals surface area contributed by atoms with Crippen molar-refractivity contribution in [1.29, 1.82) is 0 Å². The van der Waals surface area contributed by atoms with Crippen molar-refractivity contribution in [3.63, 3.8) is 0 Å². The van der Waals surface area contributed by atoms with Crippen molar-refractivity contribution < 1.29 is 23.4 Å². The number of hydrogen-bond donors (Lipinski definition) is 1. The first-order valence-electron chi connectivity index (χ1n) is 15.6. The molecule has 0 amide bonds. The van der Waals surface area contributed by atoms with Gasteiger partial charge in [-0.05, 0) is 123 Å². The zero-order valence-electron chi connectivity index (χ0n) is 24.5. The molecule has 3 nitrogen and oxygen atoms in total. The van der Waals surface area contributed by atoms with Crippen LogP contribution in [0.25, 0.3) is 0 Å². The Morgan fingerprint density at radius 3 is 2.44 bits per heavy atom. The summed E-state index contributed by atoms with van der Waals surface area (Å²) in [7, 11) is 0. The lowest BCUT2D eigenvalue weighted by Crippen LogP contribution is -2.53. The number of aliphatic hydroxyl groups is 1. The maximum atomic E-state index is 14.1. The molecule has 0 bridgehead atoms. The van der Waals surface area contributed by atoms with Crippen LogP contribution >= 0.6 is 0 Å². The minimum Gasteiger partial charge on any atom is -0.388 e. The monoisotopic (exact) mass is 542 g/mol. The van der Waals surface area contributed by atoms with Gasteiger partial charge in [0, 0.05) is 0 Å². The van der Waals surface area contributed by atoms with Gasteiger partial charge in [-0.2, -0.15) is 0 Å². The maximum Gasteiger partial charge on any atom is 0.164 e. The Bertz CT molecular complexity index is 1100. The topological polar surface area (TPSA) is 38.7 Å². The molecule has 5 heteroatoms. The Kier molecular flexibility index (Phi) is 7.08. The number of ether oxygens (including phenoxy) is 2. The summed E-state index contributed by atoms with van der Waals surface area (Å²) < 4.78 is 41.0. The molecule has 10 atom stereocenters. The molecule has 6 rings (SSSR count). The molecule has 0 aromatic heterocycles. The van der Waals surface area contributed by atoms with Crippen LogP contribution < -0.4 is 0 Å². The van der Waals surface area contributed by atoms with Gasteiger partial charge >= 0.3 is 0 Å². The predicted octanol–water partition coefficient (Wildman–Crippen LogP) is 8.51. The van der Waals surface area contributed by atoms with Gasteiger partial charge < -0.3 is 14.6 Å². The van der Waals surface area contributed by atoms with E-state index in [0.29, 0.717) is 23.7 Å². The van der Waals surface area contributed by atoms with Gasteiger partial charge in [0.2, 0.25) is 0 Å². The van der Waals surface area contributed by atoms with E-state index < -0.39 is 23.5 Å². The Hall–Kier alpha value is -1.30. The number of fused-ring (bicyclic) bond motifs is 7. The third kappa shape index (κ3) is 4.54. The average Bonchev–Trinajstić information content (AvgIpc) is 3.38. The summed E-state index contributed by atoms with van der Waals surface area (Å²) in [5.41, 5.74) is 1.92. The average molecular weight is 543 g/mol. The van der Waals surface area contributed by atoms with E-state index in [9.17, 15) is 13.9 Å². The second kappa shape index (κ2) is 9.91. The summed E-state index contributed by atoms with van der Waals surface area (Å²) >= 11 is 0. The van der Waals surface area contributed by atoms with Crippen molar-refractivity contribution in [2.24, 2.45) is 40.4 Å². The third-order valence-electron chi connectivity index (χ3n) is 12.2. The normalized spacial score (nSPS) is 42.1. The first-order chi connectivity index (χ1) is 18.4. The molecule has 3 saturated carbocycles. The fraction of sp³-hybridized carbons (Fsp3) is 0.765. The number of allylic oxidation sites excluding steroid dienone is 1. The van der Waals surface area contributed by atoms with Gasteiger partial charge in [-0.25, -0.2) is 8.78 Å². The number of rotatable bonds is 6. The van der Waals surface area contributed by atoms with Gasteiger partial charge in [0.25, 0.3) is 0 Å². The van der Waals surface area contributed by atoms with E-state index in [0.717, 1.165) is 37.0 Å². The Morgan fingerprint density at radius 1 is 0.949 bits per heavy atom. The quantitative estimate of drug-likeness (QED) is 0.366. The first kappa shape index (κ1) is 27.8. The Balaban J connectivity index is 1.12. The molecule has 1 N–H and O–H groups in total. The van der Waals surface area contributed by atoms with Gasteiger partial charge in [0.05, 0.1) is 17.8 Å². The van der Waals surface area contributed by atoms with E-state index in [-0.39, 0.29) is 23.2 Å². The van der Waals surface area contributed by atoms with Crippen LogP contribution in [-0.4, -0.2) is 23.1 Å². The van der Waals surface area contributed by atoms with Crippen LogP contribution in [0.15, 0.2) is 29.8 Å². The van der Waals surface area contributed by atoms with Crippen LogP contribution in [0, 0.1) is 52.1 Å². The molecule has 216 valence electrons. The van der Waals surface area contributed by atoms with E-state index >= 15 is 0 Å². The number of hydrogen-bond acceptors (Lipinski definition) is 3. The van der Waals surface area contributed by atoms with Crippen LogP contribution in [0.3, 0.4) is 0 Å². The molecule has 1 aromatic rings. The largest absolute Gasteiger partial charge is 0.388 e. The Labute approximate surface area is 233 Å². The lowest BCUT2D eigenvalue weighted by molar-refractivity contribution is -0.143. The van der Waals surface area contributed by atoms with Crippen molar-refractivity contribution in [2.75, 3.05) is 0 Å². The first-order valence-corrected chi connectivity index (χ1v) is 15.6. The second-order valence-corrected chi connectivity index (χ2v) is 14.6. The van der Waals surface area contributed by atoms with E-state index in [2.05, 4.69) is 40.7 Å². The van der Waals surface area contributed by atoms with Crippen LogP contribution in [0.5, 0.6) is 0 Å². The second-order valence-electron chi connectivity index (χ2n) is 14.6. The minimum atomic E-state index is -1.08. The van der Waals surface area contributed by atoms with Crippen molar-refractivity contribution in [2.45, 2.75) is 123 Å². The zero-order valence-corrected chi connectivity index (χ0v) is 24.5. The molecule has 5 aliphatic rings. The third-order valence-corrected chi connectivity index (χ3v) is 12.2. The maximum absolute atomic E-state index is 14.1. The molecular weight excluding hydrogens is 494 g/mol. The van der Waals surface area contributed by atoms with Crippen LogP contribution in [0.1, 0.15) is 110 Å². The van der Waals surface area contributed by atoms with Gasteiger partial charge in [-0.1, -0.05) is 45.8 Å². The highest BCUT2D eigenvalue weighted by atomic mass is 19.1. The summed E-state index contributed by atoms with van der Waals surface area (Å²) in [5.74, 6) is 1.65. The van der Waals surface area contributed by atoms with Crippen LogP contribution in [0.4, 0.5) is 8.78 Å². The van der Waals surface area contributed by atoms with Crippen molar-refractivity contribution >= 4 is 0 Å². The van der Waals surface area contributed by atoms with Crippen molar-refractivity contribution in [3.05, 3.63) is 47.0 Å². The van der Waals surface area contributed by atoms with Gasteiger partial charge in [0.1, 0.15) is 17.7 Å². The molecule has 1 aliphatic heterocycles. The highest BCUT2D eigenvalue weighted by Crippen LogP contribution is 2.68. The zero-order chi connectivity index (χ0) is 27.7. The SMILES string of the molecule is C[C@H](CCCC(O)c1c(F)cccc1F)[C@H]1CC[C@H]2[C@@H]3CC=C4[C@H]5OC(C)(C)O[C@H]5CC[C@]4(C)[C@H]3CC[C@]12C. The smallest absolute Gasteiger partial charge is 0.164 e. The number of benzene rings is 1. The predicted molar refractivity (Wildman–Crippen MR) is 149 cm³/mol. The van der Waals surface area contributed by atoms with Crippen molar-refractivity contribution in [3.8, 4) is 0 Å². The molecule has 0 spiro atoms. The molecule has 1 heterocycles. The molecule has 1 saturated heterocycles. The highest BCUT2D eigenvalue weighted by Gasteiger charge is 2.61. The van der Waals surface area contributed by atoms with E-state index in [1.54, 1.807) is 0 Å². The minimum absolute atomic E-state index is 0.123. The Morgan fingerprint density at radius 2 is 1.69 bits per heavy atom. The standard InChI is InChI=1S/C34H48F2O3/c1-20(8-6-11-28(37)30-26(35)9-7-10-27(30)36)22-14-15-23-21-12-13-25-31-29(38-32(2,3)39-31)17-19-34(25,5)24(21)16-18-33(22,23)4/h7,9-10,13,20-24,28-29,31,37H,6,8,11-12,14-19H2,1-5H3/t20-,21+,22-,23+,24+,28?,29+,31-,33-,34-/m1/s1. The lowest BCUT2D eigenvalue weighted by atomic mass is 9.46. The van der Waals surface area contributed by atoms with Crippen molar-refractivity contribution in [1.82, 2.24) is 0 Å².